The highest BCUT2D eigenvalue weighted by atomic mass is 16.5. The Balaban J connectivity index is 1.84. The topological polar surface area (TPSA) is 89.8 Å². The Morgan fingerprint density at radius 3 is 2.57 bits per heavy atom. The van der Waals surface area contributed by atoms with Crippen LogP contribution in [0, 0.1) is 13.8 Å². The Bertz CT molecular complexity index is 708. The Kier molecular flexibility index (Phi) is 5.24. The minimum atomic E-state index is -0.498. The lowest BCUT2D eigenvalue weighted by atomic mass is 10.2. The zero-order valence-electron chi connectivity index (χ0n) is 13.1. The molecule has 0 bridgehead atoms. The number of amides is 2. The quantitative estimate of drug-likeness (QED) is 0.820. The van der Waals surface area contributed by atoms with Crippen molar-refractivity contribution in [3.05, 3.63) is 47.4 Å². The van der Waals surface area contributed by atoms with Gasteiger partial charge in [-0.25, -0.2) is 0 Å². The molecule has 2 rings (SSSR count). The average molecular weight is 318 g/mol. The Hall–Kier alpha value is -2.96. The van der Waals surface area contributed by atoms with E-state index >= 15 is 0 Å². The molecule has 1 aromatic carbocycles. The molecule has 0 saturated carbocycles. The van der Waals surface area contributed by atoms with Crippen molar-refractivity contribution in [2.45, 2.75) is 13.8 Å². The maximum absolute atomic E-state index is 11.8. The van der Waals surface area contributed by atoms with Gasteiger partial charge in [0.25, 0.3) is 11.8 Å². The molecule has 1 heterocycles. The van der Waals surface area contributed by atoms with Crippen molar-refractivity contribution < 1.29 is 23.5 Å². The van der Waals surface area contributed by atoms with Gasteiger partial charge >= 0.3 is 0 Å². The number of hydrazine groups is 1. The predicted molar refractivity (Wildman–Crippen MR) is 82.3 cm³/mol. The molecule has 0 radical (unpaired) electrons. The standard InChI is InChI=1S/C16H18N2O5/c1-10-4-5-13(14(8-10)21-3)23-9-15(19)17-18-16(20)12-6-7-22-11(12)2/h4-8H,9H2,1-3H3,(H,17,19)(H,18,20). The van der Waals surface area contributed by atoms with E-state index in [-0.39, 0.29) is 6.61 Å². The highest BCUT2D eigenvalue weighted by Gasteiger charge is 2.13. The summed E-state index contributed by atoms with van der Waals surface area (Å²) in [6, 6.07) is 6.88. The van der Waals surface area contributed by atoms with Gasteiger partial charge in [0.2, 0.25) is 0 Å². The fourth-order valence-electron chi connectivity index (χ4n) is 1.89. The average Bonchev–Trinajstić information content (AvgIpc) is 2.97. The van der Waals surface area contributed by atoms with Gasteiger partial charge in [-0.3, -0.25) is 20.4 Å². The molecule has 0 aliphatic carbocycles. The number of carbonyl (C=O) groups is 2. The maximum atomic E-state index is 11.8. The molecular formula is C16H18N2O5. The first-order valence-corrected chi connectivity index (χ1v) is 6.92. The molecule has 7 heteroatoms. The molecule has 0 fully saturated rings. The summed E-state index contributed by atoms with van der Waals surface area (Å²) in [6.07, 6.45) is 1.40. The number of carbonyl (C=O) groups excluding carboxylic acids is 2. The van der Waals surface area contributed by atoms with Crippen LogP contribution < -0.4 is 20.3 Å². The number of ether oxygens (including phenoxy) is 2. The van der Waals surface area contributed by atoms with Gasteiger partial charge in [0.05, 0.1) is 18.9 Å². The van der Waals surface area contributed by atoms with Crippen LogP contribution in [0.1, 0.15) is 21.7 Å². The highest BCUT2D eigenvalue weighted by Crippen LogP contribution is 2.27. The smallest absolute Gasteiger partial charge is 0.276 e. The SMILES string of the molecule is COc1cc(C)ccc1OCC(=O)NNC(=O)c1ccoc1C. The lowest BCUT2D eigenvalue weighted by Gasteiger charge is -2.11. The zero-order valence-corrected chi connectivity index (χ0v) is 13.1. The van der Waals surface area contributed by atoms with Gasteiger partial charge in [-0.2, -0.15) is 0 Å². The van der Waals surface area contributed by atoms with Crippen molar-refractivity contribution in [1.29, 1.82) is 0 Å². The number of hydrogen-bond acceptors (Lipinski definition) is 5. The van der Waals surface area contributed by atoms with Crippen LogP contribution in [0.4, 0.5) is 0 Å². The molecule has 2 aromatic rings. The second-order valence-corrected chi connectivity index (χ2v) is 4.84. The summed E-state index contributed by atoms with van der Waals surface area (Å²) in [7, 11) is 1.52. The predicted octanol–water partition coefficient (Wildman–Crippen LogP) is 1.75. The third-order valence-electron chi connectivity index (χ3n) is 3.10. The summed E-state index contributed by atoms with van der Waals surface area (Å²) in [6.45, 7) is 3.32. The summed E-state index contributed by atoms with van der Waals surface area (Å²) in [5.41, 5.74) is 5.93. The van der Waals surface area contributed by atoms with Crippen LogP contribution in [-0.2, 0) is 4.79 Å². The zero-order chi connectivity index (χ0) is 16.8. The number of rotatable bonds is 5. The minimum absolute atomic E-state index is 0.260. The van der Waals surface area contributed by atoms with Crippen LogP contribution in [-0.4, -0.2) is 25.5 Å². The monoisotopic (exact) mass is 318 g/mol. The van der Waals surface area contributed by atoms with E-state index in [0.29, 0.717) is 22.8 Å². The Morgan fingerprint density at radius 2 is 1.91 bits per heavy atom. The Labute approximate surface area is 133 Å². The number of hydrogen-bond donors (Lipinski definition) is 2. The molecule has 0 aliphatic rings. The number of benzene rings is 1. The molecular weight excluding hydrogens is 300 g/mol. The second kappa shape index (κ2) is 7.35. The van der Waals surface area contributed by atoms with E-state index in [1.165, 1.54) is 19.4 Å². The van der Waals surface area contributed by atoms with E-state index in [4.69, 9.17) is 13.9 Å². The number of nitrogens with one attached hydrogen (secondary N) is 2. The molecule has 2 N–H and O–H groups in total. The van der Waals surface area contributed by atoms with E-state index in [0.717, 1.165) is 5.56 Å². The van der Waals surface area contributed by atoms with Crippen LogP contribution in [0.5, 0.6) is 11.5 Å². The summed E-state index contributed by atoms with van der Waals surface area (Å²) >= 11 is 0. The fraction of sp³-hybridized carbons (Fsp3) is 0.250. The van der Waals surface area contributed by atoms with E-state index in [2.05, 4.69) is 10.9 Å². The van der Waals surface area contributed by atoms with Crippen LogP contribution in [0.25, 0.3) is 0 Å². The van der Waals surface area contributed by atoms with E-state index < -0.39 is 11.8 Å². The minimum Gasteiger partial charge on any atom is -0.493 e. The van der Waals surface area contributed by atoms with Crippen molar-refractivity contribution in [3.63, 3.8) is 0 Å². The maximum Gasteiger partial charge on any atom is 0.276 e. The summed E-state index contributed by atoms with van der Waals surface area (Å²) in [5, 5.41) is 0. The van der Waals surface area contributed by atoms with Crippen molar-refractivity contribution in [2.24, 2.45) is 0 Å². The van der Waals surface area contributed by atoms with Gasteiger partial charge in [0.1, 0.15) is 5.76 Å². The molecule has 23 heavy (non-hydrogen) atoms. The molecule has 2 amide bonds. The van der Waals surface area contributed by atoms with Crippen LogP contribution in [0.2, 0.25) is 0 Å². The van der Waals surface area contributed by atoms with E-state index in [9.17, 15) is 9.59 Å². The molecule has 0 saturated heterocycles. The molecule has 122 valence electrons. The number of furan rings is 1. The molecule has 0 unspecified atom stereocenters. The Morgan fingerprint density at radius 1 is 1.13 bits per heavy atom. The van der Waals surface area contributed by atoms with Crippen molar-refractivity contribution in [1.82, 2.24) is 10.9 Å². The lowest BCUT2D eigenvalue weighted by Crippen LogP contribution is -2.43. The van der Waals surface area contributed by atoms with Gasteiger partial charge in [0, 0.05) is 0 Å². The van der Waals surface area contributed by atoms with Gasteiger partial charge in [-0.1, -0.05) is 6.07 Å². The molecule has 0 atom stereocenters. The van der Waals surface area contributed by atoms with Crippen LogP contribution in [0.3, 0.4) is 0 Å². The van der Waals surface area contributed by atoms with Crippen LogP contribution >= 0.6 is 0 Å². The van der Waals surface area contributed by atoms with E-state index in [1.807, 2.05) is 13.0 Å². The van der Waals surface area contributed by atoms with Crippen molar-refractivity contribution >= 4 is 11.8 Å². The summed E-state index contributed by atoms with van der Waals surface area (Å²) < 4.78 is 15.6. The summed E-state index contributed by atoms with van der Waals surface area (Å²) in [5.74, 6) is 0.498. The first-order chi connectivity index (χ1) is 11.0. The summed E-state index contributed by atoms with van der Waals surface area (Å²) in [4.78, 5) is 23.5. The molecule has 0 aliphatic heterocycles. The highest BCUT2D eigenvalue weighted by molar-refractivity contribution is 5.96. The van der Waals surface area contributed by atoms with Gasteiger partial charge in [-0.05, 0) is 37.6 Å². The second-order valence-electron chi connectivity index (χ2n) is 4.84. The van der Waals surface area contributed by atoms with Crippen LogP contribution in [0.15, 0.2) is 34.9 Å². The van der Waals surface area contributed by atoms with Gasteiger partial charge < -0.3 is 13.9 Å². The number of methoxy groups -OCH3 is 1. The van der Waals surface area contributed by atoms with Gasteiger partial charge in [-0.15, -0.1) is 0 Å². The largest absolute Gasteiger partial charge is 0.493 e. The third kappa shape index (κ3) is 4.26. The molecule has 7 nitrogen and oxygen atoms in total. The lowest BCUT2D eigenvalue weighted by molar-refractivity contribution is -0.123. The third-order valence-corrected chi connectivity index (χ3v) is 3.10. The number of aryl methyl sites for hydroxylation is 2. The molecule has 0 spiro atoms. The first-order valence-electron chi connectivity index (χ1n) is 6.92. The first kappa shape index (κ1) is 16.4. The molecule has 1 aromatic heterocycles. The van der Waals surface area contributed by atoms with E-state index in [1.54, 1.807) is 19.1 Å². The van der Waals surface area contributed by atoms with Gasteiger partial charge in [0.15, 0.2) is 18.1 Å². The van der Waals surface area contributed by atoms with Crippen molar-refractivity contribution in [3.8, 4) is 11.5 Å². The fourth-order valence-corrected chi connectivity index (χ4v) is 1.89. The van der Waals surface area contributed by atoms with Crippen molar-refractivity contribution in [2.75, 3.05) is 13.7 Å². The normalized spacial score (nSPS) is 10.0.